The Morgan fingerprint density at radius 1 is 1.38 bits per heavy atom. The number of nitrogens with zero attached hydrogens (tertiary/aromatic N) is 3. The molecule has 1 aromatic carbocycles. The number of hydrogen-bond acceptors (Lipinski definition) is 4. The molecule has 0 bridgehead atoms. The highest BCUT2D eigenvalue weighted by molar-refractivity contribution is 5.75. The molecule has 1 aromatic heterocycles. The normalized spacial score (nSPS) is 17.7. The number of carbonyl (C=O) groups is 1. The second kappa shape index (κ2) is 6.63. The highest BCUT2D eigenvalue weighted by Gasteiger charge is 2.36. The first-order valence-electron chi connectivity index (χ1n) is 8.40. The molecule has 2 amide bonds. The fourth-order valence-corrected chi connectivity index (χ4v) is 3.10. The van der Waals surface area contributed by atoms with E-state index >= 15 is 0 Å². The van der Waals surface area contributed by atoms with Crippen molar-refractivity contribution in [2.75, 3.05) is 6.54 Å². The molecule has 1 aliphatic heterocycles. The van der Waals surface area contributed by atoms with Crippen molar-refractivity contribution in [1.82, 2.24) is 20.4 Å². The second-order valence-electron chi connectivity index (χ2n) is 6.95. The van der Waals surface area contributed by atoms with Gasteiger partial charge in [-0.15, -0.1) is 0 Å². The molecular formula is C18H24N4O2. The summed E-state index contributed by atoms with van der Waals surface area (Å²) in [5, 5.41) is 6.98. The van der Waals surface area contributed by atoms with Crippen LogP contribution in [0.2, 0.25) is 0 Å². The average Bonchev–Trinajstić information content (AvgIpc) is 3.14. The number of nitrogens with one attached hydrogen (secondary N) is 1. The van der Waals surface area contributed by atoms with E-state index in [1.807, 2.05) is 42.2 Å². The van der Waals surface area contributed by atoms with E-state index in [-0.39, 0.29) is 17.6 Å². The summed E-state index contributed by atoms with van der Waals surface area (Å²) in [6.07, 6.45) is 2.68. The van der Waals surface area contributed by atoms with Crippen molar-refractivity contribution >= 4 is 6.03 Å². The summed E-state index contributed by atoms with van der Waals surface area (Å²) in [7, 11) is 0. The van der Waals surface area contributed by atoms with Crippen molar-refractivity contribution in [2.24, 2.45) is 0 Å². The van der Waals surface area contributed by atoms with Gasteiger partial charge in [-0.25, -0.2) is 4.79 Å². The third kappa shape index (κ3) is 3.58. The number of aromatic nitrogens is 2. The van der Waals surface area contributed by atoms with Crippen LogP contribution in [0, 0.1) is 0 Å². The zero-order chi connectivity index (χ0) is 17.2. The van der Waals surface area contributed by atoms with Gasteiger partial charge in [0.1, 0.15) is 6.04 Å². The van der Waals surface area contributed by atoms with E-state index in [1.54, 1.807) is 0 Å². The van der Waals surface area contributed by atoms with Crippen molar-refractivity contribution in [3.05, 3.63) is 47.6 Å². The minimum atomic E-state index is -0.314. The molecule has 6 heteroatoms. The molecule has 1 fully saturated rings. The number of urea groups is 1. The van der Waals surface area contributed by atoms with Gasteiger partial charge in [-0.1, -0.05) is 35.5 Å². The van der Waals surface area contributed by atoms with Crippen LogP contribution in [-0.2, 0) is 6.42 Å². The maximum Gasteiger partial charge on any atom is 0.318 e. The predicted molar refractivity (Wildman–Crippen MR) is 90.5 cm³/mol. The van der Waals surface area contributed by atoms with Crippen molar-refractivity contribution in [3.63, 3.8) is 0 Å². The molecule has 3 rings (SSSR count). The molecule has 24 heavy (non-hydrogen) atoms. The molecule has 0 radical (unpaired) electrons. The summed E-state index contributed by atoms with van der Waals surface area (Å²) in [6.45, 7) is 6.83. The summed E-state index contributed by atoms with van der Waals surface area (Å²) >= 11 is 0. The number of carbonyl (C=O) groups excluding carboxylic acids is 1. The SMILES string of the molecule is C[C@H](NC(=O)N1CCCC1(C)C)c1nc(Cc2ccccc2)no1. The van der Waals surface area contributed by atoms with Gasteiger partial charge in [0, 0.05) is 18.5 Å². The molecule has 2 aromatic rings. The van der Waals surface area contributed by atoms with Gasteiger partial charge >= 0.3 is 6.03 Å². The van der Waals surface area contributed by atoms with E-state index in [9.17, 15) is 4.79 Å². The Morgan fingerprint density at radius 2 is 2.12 bits per heavy atom. The number of hydrogen-bond donors (Lipinski definition) is 1. The van der Waals surface area contributed by atoms with Crippen molar-refractivity contribution in [3.8, 4) is 0 Å². The maximum absolute atomic E-state index is 12.5. The minimum Gasteiger partial charge on any atom is -0.337 e. The zero-order valence-electron chi connectivity index (χ0n) is 14.5. The lowest BCUT2D eigenvalue weighted by Crippen LogP contribution is -2.48. The van der Waals surface area contributed by atoms with E-state index < -0.39 is 0 Å². The van der Waals surface area contributed by atoms with Gasteiger partial charge in [-0.2, -0.15) is 4.98 Å². The molecule has 1 atom stereocenters. The van der Waals surface area contributed by atoms with Crippen LogP contribution >= 0.6 is 0 Å². The van der Waals surface area contributed by atoms with Crippen LogP contribution in [0.15, 0.2) is 34.9 Å². The lowest BCUT2D eigenvalue weighted by Gasteiger charge is -2.32. The average molecular weight is 328 g/mol. The Balaban J connectivity index is 1.61. The summed E-state index contributed by atoms with van der Waals surface area (Å²) < 4.78 is 5.32. The van der Waals surface area contributed by atoms with E-state index in [0.29, 0.717) is 18.1 Å². The first-order chi connectivity index (χ1) is 11.5. The number of likely N-dealkylation sites (tertiary alicyclic amines) is 1. The molecule has 0 saturated carbocycles. The van der Waals surface area contributed by atoms with Crippen LogP contribution in [0.4, 0.5) is 4.79 Å². The van der Waals surface area contributed by atoms with Crippen LogP contribution < -0.4 is 5.32 Å². The van der Waals surface area contributed by atoms with Gasteiger partial charge in [0.05, 0.1) is 0 Å². The first-order valence-corrected chi connectivity index (χ1v) is 8.40. The Morgan fingerprint density at radius 3 is 2.79 bits per heavy atom. The molecule has 1 aliphatic rings. The number of amides is 2. The van der Waals surface area contributed by atoms with Gasteiger partial charge in [-0.3, -0.25) is 0 Å². The predicted octanol–water partition coefficient (Wildman–Crippen LogP) is 3.31. The molecule has 6 nitrogen and oxygen atoms in total. The van der Waals surface area contributed by atoms with Gasteiger partial charge in [-0.05, 0) is 39.2 Å². The van der Waals surface area contributed by atoms with Crippen molar-refractivity contribution in [1.29, 1.82) is 0 Å². The Kier molecular flexibility index (Phi) is 4.55. The van der Waals surface area contributed by atoms with Gasteiger partial charge < -0.3 is 14.7 Å². The molecule has 1 saturated heterocycles. The van der Waals surface area contributed by atoms with E-state index in [4.69, 9.17) is 4.52 Å². The third-order valence-corrected chi connectivity index (χ3v) is 4.55. The third-order valence-electron chi connectivity index (χ3n) is 4.55. The van der Waals surface area contributed by atoms with E-state index in [2.05, 4.69) is 29.3 Å². The lowest BCUT2D eigenvalue weighted by molar-refractivity contribution is 0.160. The highest BCUT2D eigenvalue weighted by Crippen LogP contribution is 2.28. The summed E-state index contributed by atoms with van der Waals surface area (Å²) in [6, 6.07) is 9.60. The fourth-order valence-electron chi connectivity index (χ4n) is 3.10. The molecule has 2 heterocycles. The molecule has 1 N–H and O–H groups in total. The van der Waals surface area contributed by atoms with Crippen LogP contribution in [0.25, 0.3) is 0 Å². The van der Waals surface area contributed by atoms with Gasteiger partial charge in [0.2, 0.25) is 5.89 Å². The highest BCUT2D eigenvalue weighted by atomic mass is 16.5. The summed E-state index contributed by atoms with van der Waals surface area (Å²) in [5.41, 5.74) is 1.03. The zero-order valence-corrected chi connectivity index (χ0v) is 14.5. The van der Waals surface area contributed by atoms with Crippen molar-refractivity contribution < 1.29 is 9.32 Å². The molecule has 0 spiro atoms. The minimum absolute atomic E-state index is 0.0761. The number of rotatable bonds is 4. The largest absolute Gasteiger partial charge is 0.337 e. The molecule has 0 unspecified atom stereocenters. The van der Waals surface area contributed by atoms with Crippen LogP contribution in [0.3, 0.4) is 0 Å². The fraction of sp³-hybridized carbons (Fsp3) is 0.500. The second-order valence-corrected chi connectivity index (χ2v) is 6.95. The Labute approximate surface area is 142 Å². The van der Waals surface area contributed by atoms with Gasteiger partial charge in [0.15, 0.2) is 5.82 Å². The van der Waals surface area contributed by atoms with Crippen LogP contribution in [-0.4, -0.2) is 33.2 Å². The van der Waals surface area contributed by atoms with E-state index in [0.717, 1.165) is 24.9 Å². The molecular weight excluding hydrogens is 304 g/mol. The first kappa shape index (κ1) is 16.5. The molecule has 0 aliphatic carbocycles. The van der Waals surface area contributed by atoms with Crippen LogP contribution in [0.1, 0.15) is 56.9 Å². The van der Waals surface area contributed by atoms with Crippen LogP contribution in [0.5, 0.6) is 0 Å². The standard InChI is InChI=1S/C18H24N4O2/c1-13(19-17(23)22-11-7-10-18(22,2)3)16-20-15(21-24-16)12-14-8-5-4-6-9-14/h4-6,8-9,13H,7,10-12H2,1-3H3,(H,19,23)/t13-/m0/s1. The number of benzene rings is 1. The maximum atomic E-state index is 12.5. The summed E-state index contributed by atoms with van der Waals surface area (Å²) in [4.78, 5) is 18.8. The Hall–Kier alpha value is -2.37. The summed E-state index contributed by atoms with van der Waals surface area (Å²) in [5.74, 6) is 1.06. The lowest BCUT2D eigenvalue weighted by atomic mass is 10.0. The Bertz CT molecular complexity index is 696. The quantitative estimate of drug-likeness (QED) is 0.934. The monoisotopic (exact) mass is 328 g/mol. The van der Waals surface area contributed by atoms with Crippen molar-refractivity contribution in [2.45, 2.75) is 51.6 Å². The van der Waals surface area contributed by atoms with E-state index in [1.165, 1.54) is 0 Å². The smallest absolute Gasteiger partial charge is 0.318 e. The molecule has 128 valence electrons. The van der Waals surface area contributed by atoms with Gasteiger partial charge in [0.25, 0.3) is 0 Å². The topological polar surface area (TPSA) is 71.3 Å².